The first-order chi connectivity index (χ1) is 10.1. The van der Waals surface area contributed by atoms with Crippen LogP contribution in [-0.4, -0.2) is 61.1 Å². The Kier molecular flexibility index (Phi) is 4.70. The number of urea groups is 1. The Hall–Kier alpha value is -1.31. The summed E-state index contributed by atoms with van der Waals surface area (Å²) in [4.78, 5) is 24.9. The molecule has 2 atom stereocenters. The number of likely N-dealkylation sites (tertiary alicyclic amines) is 1. The van der Waals surface area contributed by atoms with Gasteiger partial charge in [0, 0.05) is 25.9 Å². The monoisotopic (exact) mass is 332 g/mol. The number of piperidine rings is 1. The van der Waals surface area contributed by atoms with Gasteiger partial charge in [0.05, 0.1) is 10.7 Å². The van der Waals surface area contributed by atoms with Crippen LogP contribution in [0, 0.1) is 11.8 Å². The van der Waals surface area contributed by atoms with Gasteiger partial charge >= 0.3 is 12.0 Å². The topological polar surface area (TPSA) is 104 Å². The quantitative estimate of drug-likeness (QED) is 0.789. The third-order valence-corrected chi connectivity index (χ3v) is 7.04. The van der Waals surface area contributed by atoms with Crippen LogP contribution in [0.3, 0.4) is 0 Å². The molecule has 2 rings (SSSR count). The number of carboxylic acids is 1. The summed E-state index contributed by atoms with van der Waals surface area (Å²) >= 11 is 0. The van der Waals surface area contributed by atoms with Crippen LogP contribution in [0.1, 0.15) is 32.6 Å². The molecule has 2 amide bonds. The largest absolute Gasteiger partial charge is 0.481 e. The molecule has 126 valence electrons. The predicted molar refractivity (Wildman–Crippen MR) is 81.3 cm³/mol. The lowest BCUT2D eigenvalue weighted by Gasteiger charge is -2.41. The Morgan fingerprint density at radius 2 is 1.95 bits per heavy atom. The average Bonchev–Trinajstić information content (AvgIpc) is 2.34. The second-order valence-electron chi connectivity index (χ2n) is 6.75. The number of nitrogens with one attached hydrogen (secondary N) is 1. The maximum Gasteiger partial charge on any atom is 0.317 e. The van der Waals surface area contributed by atoms with Gasteiger partial charge in [0.15, 0.2) is 9.84 Å². The summed E-state index contributed by atoms with van der Waals surface area (Å²) in [5, 5.41) is 11.8. The summed E-state index contributed by atoms with van der Waals surface area (Å²) < 4.78 is 22.9. The molecule has 8 heteroatoms. The number of sulfone groups is 1. The zero-order chi connectivity index (χ0) is 16.5. The molecular weight excluding hydrogens is 308 g/mol. The third kappa shape index (κ3) is 3.37. The van der Waals surface area contributed by atoms with Gasteiger partial charge in [0.2, 0.25) is 0 Å². The second-order valence-corrected chi connectivity index (χ2v) is 9.16. The zero-order valence-corrected chi connectivity index (χ0v) is 13.9. The van der Waals surface area contributed by atoms with Crippen molar-refractivity contribution < 1.29 is 23.1 Å². The van der Waals surface area contributed by atoms with E-state index >= 15 is 0 Å². The van der Waals surface area contributed by atoms with E-state index in [1.54, 1.807) is 0 Å². The minimum absolute atomic E-state index is 0.104. The van der Waals surface area contributed by atoms with Gasteiger partial charge in [-0.15, -0.1) is 0 Å². The Bertz CT molecular complexity index is 556. The van der Waals surface area contributed by atoms with Gasteiger partial charge in [-0.2, -0.15) is 0 Å². The van der Waals surface area contributed by atoms with Gasteiger partial charge in [-0.3, -0.25) is 4.79 Å². The molecule has 2 N–H and O–H groups in total. The van der Waals surface area contributed by atoms with Crippen LogP contribution in [-0.2, 0) is 14.6 Å². The lowest BCUT2D eigenvalue weighted by atomic mass is 9.84. The fourth-order valence-electron chi connectivity index (χ4n) is 3.29. The van der Waals surface area contributed by atoms with Crippen molar-refractivity contribution in [1.82, 2.24) is 10.2 Å². The van der Waals surface area contributed by atoms with E-state index in [-0.39, 0.29) is 25.0 Å². The molecule has 0 aromatic carbocycles. The molecular formula is C14H24N2O5S. The van der Waals surface area contributed by atoms with E-state index in [1.165, 1.54) is 11.2 Å². The fraction of sp³-hybridized carbons (Fsp3) is 0.857. The van der Waals surface area contributed by atoms with Crippen molar-refractivity contribution in [2.75, 3.05) is 25.9 Å². The van der Waals surface area contributed by atoms with Gasteiger partial charge in [-0.25, -0.2) is 13.2 Å². The van der Waals surface area contributed by atoms with Crippen LogP contribution in [0.2, 0.25) is 0 Å². The second kappa shape index (κ2) is 6.06. The molecule has 1 saturated carbocycles. The number of carboxylic acid groups (broad SMARTS) is 1. The van der Waals surface area contributed by atoms with Gasteiger partial charge in [-0.05, 0) is 25.2 Å². The summed E-state index contributed by atoms with van der Waals surface area (Å²) in [5.74, 6) is -1.33. The van der Waals surface area contributed by atoms with Gasteiger partial charge in [0.1, 0.15) is 0 Å². The molecule has 1 aliphatic carbocycles. The summed E-state index contributed by atoms with van der Waals surface area (Å²) in [7, 11) is -3.22. The Labute approximate surface area is 131 Å². The number of aliphatic carboxylic acids is 1. The number of rotatable bonds is 4. The predicted octanol–water partition coefficient (Wildman–Crippen LogP) is 0.706. The van der Waals surface area contributed by atoms with Crippen LogP contribution in [0.25, 0.3) is 0 Å². The number of carbonyl (C=O) groups excluding carboxylic acids is 1. The average molecular weight is 332 g/mol. The first-order valence-corrected chi connectivity index (χ1v) is 9.49. The van der Waals surface area contributed by atoms with Crippen molar-refractivity contribution >= 4 is 21.8 Å². The molecule has 0 spiro atoms. The molecule has 1 heterocycles. The van der Waals surface area contributed by atoms with E-state index in [9.17, 15) is 18.0 Å². The van der Waals surface area contributed by atoms with Crippen LogP contribution in [0.15, 0.2) is 0 Å². The molecule has 22 heavy (non-hydrogen) atoms. The van der Waals surface area contributed by atoms with Gasteiger partial charge in [0.25, 0.3) is 0 Å². The Morgan fingerprint density at radius 1 is 1.32 bits per heavy atom. The first kappa shape index (κ1) is 17.1. The molecule has 7 nitrogen and oxygen atoms in total. The highest BCUT2D eigenvalue weighted by Crippen LogP contribution is 2.38. The van der Waals surface area contributed by atoms with Crippen LogP contribution in [0.4, 0.5) is 4.79 Å². The lowest BCUT2D eigenvalue weighted by molar-refractivity contribution is -0.143. The minimum Gasteiger partial charge on any atom is -0.481 e. The summed E-state index contributed by atoms with van der Waals surface area (Å²) in [6, 6.07) is -0.368. The van der Waals surface area contributed by atoms with E-state index in [1.807, 2.05) is 6.92 Å². The smallest absolute Gasteiger partial charge is 0.317 e. The van der Waals surface area contributed by atoms with Gasteiger partial charge in [-0.1, -0.05) is 13.3 Å². The maximum absolute atomic E-state index is 12.3. The van der Waals surface area contributed by atoms with Crippen molar-refractivity contribution in [2.45, 2.75) is 37.4 Å². The van der Waals surface area contributed by atoms with E-state index in [4.69, 9.17) is 5.11 Å². The van der Waals surface area contributed by atoms with Crippen molar-refractivity contribution in [2.24, 2.45) is 11.8 Å². The number of hydrogen-bond donors (Lipinski definition) is 2. The highest BCUT2D eigenvalue weighted by Gasteiger charge is 2.46. The normalized spacial score (nSPS) is 27.8. The zero-order valence-electron chi connectivity index (χ0n) is 13.0. The van der Waals surface area contributed by atoms with E-state index in [0.29, 0.717) is 25.8 Å². The van der Waals surface area contributed by atoms with Crippen LogP contribution in [0.5, 0.6) is 0 Å². The summed E-state index contributed by atoms with van der Waals surface area (Å²) in [6.07, 6.45) is 3.76. The minimum atomic E-state index is -3.22. The Balaban J connectivity index is 1.96. The first-order valence-electron chi connectivity index (χ1n) is 7.60. The van der Waals surface area contributed by atoms with Crippen molar-refractivity contribution in [3.8, 4) is 0 Å². The SMILES string of the molecule is CC1CC(C(=O)O)CN(C(=O)NCC2(S(C)(=O)=O)CCC2)C1. The highest BCUT2D eigenvalue weighted by molar-refractivity contribution is 7.92. The van der Waals surface area contributed by atoms with Crippen LogP contribution < -0.4 is 5.32 Å². The van der Waals surface area contributed by atoms with Crippen molar-refractivity contribution in [3.63, 3.8) is 0 Å². The van der Waals surface area contributed by atoms with Crippen molar-refractivity contribution in [3.05, 3.63) is 0 Å². The van der Waals surface area contributed by atoms with E-state index in [2.05, 4.69) is 5.32 Å². The summed E-state index contributed by atoms with van der Waals surface area (Å²) in [5.41, 5.74) is 0. The lowest BCUT2D eigenvalue weighted by Crippen LogP contribution is -2.56. The fourth-order valence-corrected chi connectivity index (χ4v) is 4.66. The molecule has 2 aliphatic rings. The molecule has 1 saturated heterocycles. The van der Waals surface area contributed by atoms with Gasteiger partial charge < -0.3 is 15.3 Å². The summed E-state index contributed by atoms with van der Waals surface area (Å²) in [6.45, 7) is 2.70. The Morgan fingerprint density at radius 3 is 2.41 bits per heavy atom. The number of hydrogen-bond acceptors (Lipinski definition) is 4. The van der Waals surface area contributed by atoms with E-state index in [0.717, 1.165) is 6.42 Å². The number of nitrogens with zero attached hydrogens (tertiary/aromatic N) is 1. The molecule has 1 aliphatic heterocycles. The molecule has 2 fully saturated rings. The maximum atomic E-state index is 12.3. The molecule has 0 aromatic rings. The molecule has 0 radical (unpaired) electrons. The molecule has 0 bridgehead atoms. The van der Waals surface area contributed by atoms with Crippen molar-refractivity contribution in [1.29, 1.82) is 0 Å². The van der Waals surface area contributed by atoms with Crippen LogP contribution >= 0.6 is 0 Å². The molecule has 0 aromatic heterocycles. The number of amides is 2. The third-order valence-electron chi connectivity index (χ3n) is 4.91. The molecule has 2 unspecified atom stereocenters. The highest BCUT2D eigenvalue weighted by atomic mass is 32.2. The standard InChI is InChI=1S/C14H24N2O5S/c1-10-6-11(12(17)18)8-16(7-10)13(19)15-9-14(4-3-5-14)22(2,20)21/h10-11H,3-9H2,1-2H3,(H,15,19)(H,17,18). The number of carbonyl (C=O) groups is 2. The van der Waals surface area contributed by atoms with E-state index < -0.39 is 26.5 Å².